The highest BCUT2D eigenvalue weighted by Crippen LogP contribution is 2.29. The molecule has 174 valence electrons. The van der Waals surface area contributed by atoms with E-state index in [1.807, 2.05) is 54.2 Å². The van der Waals surface area contributed by atoms with E-state index in [0.717, 1.165) is 48.4 Å². The molecular weight excluding hydrogens is 402 g/mol. The van der Waals surface area contributed by atoms with Gasteiger partial charge in [-0.1, -0.05) is 33.6 Å². The van der Waals surface area contributed by atoms with E-state index in [9.17, 15) is 9.59 Å². The highest BCUT2D eigenvalue weighted by molar-refractivity contribution is 5.93. The molecule has 1 fully saturated rings. The number of hydrogen-bond acceptors (Lipinski definition) is 4. The smallest absolute Gasteiger partial charge is 0.227 e. The maximum atomic E-state index is 13.2. The van der Waals surface area contributed by atoms with Crippen LogP contribution in [-0.4, -0.2) is 30.8 Å². The van der Waals surface area contributed by atoms with Crippen LogP contribution in [0, 0.1) is 11.3 Å². The van der Waals surface area contributed by atoms with Crippen molar-refractivity contribution in [3.63, 3.8) is 0 Å². The highest BCUT2D eigenvalue weighted by atomic mass is 16.3. The molecule has 0 spiro atoms. The van der Waals surface area contributed by atoms with Crippen molar-refractivity contribution >= 4 is 23.2 Å². The van der Waals surface area contributed by atoms with E-state index < -0.39 is 0 Å². The van der Waals surface area contributed by atoms with Crippen molar-refractivity contribution in [3.8, 4) is 0 Å². The summed E-state index contributed by atoms with van der Waals surface area (Å²) in [5.74, 6) is 1.04. The number of furan rings is 1. The van der Waals surface area contributed by atoms with Crippen LogP contribution in [0.2, 0.25) is 0 Å². The lowest BCUT2D eigenvalue weighted by atomic mass is 9.91. The maximum Gasteiger partial charge on any atom is 0.227 e. The number of hydrogen-bond donors (Lipinski definition) is 1. The fourth-order valence-corrected chi connectivity index (χ4v) is 4.25. The average molecular weight is 440 g/mol. The summed E-state index contributed by atoms with van der Waals surface area (Å²) >= 11 is 0. The molecule has 32 heavy (non-hydrogen) atoms. The molecule has 1 N–H and O–H groups in total. The lowest BCUT2D eigenvalue weighted by Crippen LogP contribution is -2.33. The molecule has 1 aromatic carbocycles. The number of anilines is 2. The molecule has 0 saturated heterocycles. The van der Waals surface area contributed by atoms with Crippen LogP contribution in [0.5, 0.6) is 0 Å². The van der Waals surface area contributed by atoms with E-state index in [4.69, 9.17) is 4.42 Å². The summed E-state index contributed by atoms with van der Waals surface area (Å²) in [6.45, 7) is 7.06. The molecule has 6 heteroatoms. The Kier molecular flexibility index (Phi) is 7.64. The van der Waals surface area contributed by atoms with Crippen LogP contribution in [0.25, 0.3) is 0 Å². The minimum atomic E-state index is -0.111. The molecule has 1 heterocycles. The van der Waals surface area contributed by atoms with E-state index in [1.165, 1.54) is 0 Å². The molecule has 2 amide bonds. The van der Waals surface area contributed by atoms with Crippen LogP contribution >= 0.6 is 0 Å². The van der Waals surface area contributed by atoms with Gasteiger partial charge in [0.05, 0.1) is 12.8 Å². The minimum Gasteiger partial charge on any atom is -0.467 e. The van der Waals surface area contributed by atoms with Crippen molar-refractivity contribution < 1.29 is 14.0 Å². The maximum absolute atomic E-state index is 13.2. The molecular formula is C26H37N3O3. The predicted octanol–water partition coefficient (Wildman–Crippen LogP) is 5.44. The largest absolute Gasteiger partial charge is 0.467 e. The summed E-state index contributed by atoms with van der Waals surface area (Å²) in [7, 11) is 3.98. The first-order chi connectivity index (χ1) is 15.1. The van der Waals surface area contributed by atoms with Crippen molar-refractivity contribution in [1.29, 1.82) is 0 Å². The second-order valence-corrected chi connectivity index (χ2v) is 10.3. The van der Waals surface area contributed by atoms with Crippen molar-refractivity contribution in [3.05, 3.63) is 47.9 Å². The lowest BCUT2D eigenvalue weighted by Gasteiger charge is -2.28. The highest BCUT2D eigenvalue weighted by Gasteiger charge is 2.25. The van der Waals surface area contributed by atoms with Gasteiger partial charge in [0.2, 0.25) is 11.8 Å². The molecule has 1 aliphatic carbocycles. The van der Waals surface area contributed by atoms with Gasteiger partial charge < -0.3 is 19.5 Å². The van der Waals surface area contributed by atoms with Crippen molar-refractivity contribution in [2.24, 2.45) is 11.3 Å². The van der Waals surface area contributed by atoms with E-state index in [1.54, 1.807) is 6.26 Å². The summed E-state index contributed by atoms with van der Waals surface area (Å²) < 4.78 is 5.53. The molecule has 3 rings (SSSR count). The number of nitrogens with one attached hydrogen (secondary N) is 1. The second-order valence-electron chi connectivity index (χ2n) is 10.3. The molecule has 0 unspecified atom stereocenters. The summed E-state index contributed by atoms with van der Waals surface area (Å²) in [6, 6.07) is 9.69. The molecule has 6 nitrogen and oxygen atoms in total. The van der Waals surface area contributed by atoms with Gasteiger partial charge in [-0.05, 0) is 54.2 Å². The van der Waals surface area contributed by atoms with E-state index in [2.05, 4.69) is 26.1 Å². The zero-order chi connectivity index (χ0) is 23.3. The average Bonchev–Trinajstić information content (AvgIpc) is 3.40. The fourth-order valence-electron chi connectivity index (χ4n) is 4.25. The minimum absolute atomic E-state index is 0.0824. The molecule has 2 aromatic rings. The summed E-state index contributed by atoms with van der Waals surface area (Å²) in [6.07, 6.45) is 6.26. The molecule has 1 aliphatic rings. The fraction of sp³-hybridized carbons (Fsp3) is 0.538. The van der Waals surface area contributed by atoms with Crippen LogP contribution in [0.3, 0.4) is 0 Å². The van der Waals surface area contributed by atoms with Gasteiger partial charge in [-0.25, -0.2) is 0 Å². The van der Waals surface area contributed by atoms with Gasteiger partial charge >= 0.3 is 0 Å². The Morgan fingerprint density at radius 1 is 1.09 bits per heavy atom. The van der Waals surface area contributed by atoms with Gasteiger partial charge in [-0.15, -0.1) is 0 Å². The summed E-state index contributed by atoms with van der Waals surface area (Å²) in [4.78, 5) is 29.7. The van der Waals surface area contributed by atoms with Crippen LogP contribution in [0.1, 0.15) is 64.2 Å². The predicted molar refractivity (Wildman–Crippen MR) is 128 cm³/mol. The molecule has 0 bridgehead atoms. The monoisotopic (exact) mass is 439 g/mol. The van der Waals surface area contributed by atoms with Crippen LogP contribution in [-0.2, 0) is 22.7 Å². The Balaban J connectivity index is 1.85. The third kappa shape index (κ3) is 6.62. The number of carbonyl (C=O) groups is 2. The summed E-state index contributed by atoms with van der Waals surface area (Å²) in [5.41, 5.74) is 2.69. The van der Waals surface area contributed by atoms with Crippen molar-refractivity contribution in [2.75, 3.05) is 24.3 Å². The molecule has 0 atom stereocenters. The first-order valence-electron chi connectivity index (χ1n) is 11.5. The molecule has 0 aliphatic heterocycles. The van der Waals surface area contributed by atoms with E-state index >= 15 is 0 Å². The van der Waals surface area contributed by atoms with Gasteiger partial charge in [-0.3, -0.25) is 9.59 Å². The van der Waals surface area contributed by atoms with Gasteiger partial charge in [0, 0.05) is 44.4 Å². The number of benzene rings is 1. The van der Waals surface area contributed by atoms with Gasteiger partial charge in [-0.2, -0.15) is 0 Å². The van der Waals surface area contributed by atoms with Crippen LogP contribution < -0.4 is 10.2 Å². The molecule has 1 saturated carbocycles. The molecule has 1 aromatic heterocycles. The zero-order valence-electron chi connectivity index (χ0n) is 20.1. The van der Waals surface area contributed by atoms with Gasteiger partial charge in [0.15, 0.2) is 0 Å². The second kappa shape index (κ2) is 10.2. The first-order valence-corrected chi connectivity index (χ1v) is 11.5. The third-order valence-corrected chi connectivity index (χ3v) is 5.88. The third-order valence-electron chi connectivity index (χ3n) is 5.88. The Bertz CT molecular complexity index is 907. The van der Waals surface area contributed by atoms with Gasteiger partial charge in [0.25, 0.3) is 0 Å². The Labute approximate surface area is 192 Å². The Morgan fingerprint density at radius 3 is 2.41 bits per heavy atom. The number of rotatable bonds is 8. The van der Waals surface area contributed by atoms with Crippen LogP contribution in [0.4, 0.5) is 11.4 Å². The van der Waals surface area contributed by atoms with Gasteiger partial charge in [0.1, 0.15) is 5.76 Å². The topological polar surface area (TPSA) is 65.8 Å². The normalized spacial score (nSPS) is 14.4. The number of amides is 2. The zero-order valence-corrected chi connectivity index (χ0v) is 20.1. The quantitative estimate of drug-likeness (QED) is 0.595. The van der Waals surface area contributed by atoms with E-state index in [0.29, 0.717) is 19.5 Å². The standard InChI is InChI=1S/C26H37N3O3/c1-26(2,3)16-24(30)29(18-22-11-8-14-32-22)17-20-15-21(12-13-23(20)28(4)5)27-25(31)19-9-6-7-10-19/h8,11-15,19H,6-7,9-10,16-18H2,1-5H3,(H,27,31). The Hall–Kier alpha value is -2.76. The molecule has 0 radical (unpaired) electrons. The van der Waals surface area contributed by atoms with Crippen molar-refractivity contribution in [1.82, 2.24) is 4.90 Å². The summed E-state index contributed by atoms with van der Waals surface area (Å²) in [5, 5.41) is 3.10. The van der Waals surface area contributed by atoms with Crippen molar-refractivity contribution in [2.45, 2.75) is 66.0 Å². The SMILES string of the molecule is CN(C)c1ccc(NC(=O)C2CCCC2)cc1CN(Cc1ccco1)C(=O)CC(C)(C)C. The van der Waals surface area contributed by atoms with E-state index in [-0.39, 0.29) is 23.1 Å². The first kappa shape index (κ1) is 23.9. The Morgan fingerprint density at radius 2 is 1.81 bits per heavy atom. The van der Waals surface area contributed by atoms with Crippen LogP contribution in [0.15, 0.2) is 41.0 Å². The number of nitrogens with zero attached hydrogens (tertiary/aromatic N) is 2. The lowest BCUT2D eigenvalue weighted by molar-refractivity contribution is -0.134. The number of carbonyl (C=O) groups excluding carboxylic acids is 2.